The first-order valence-corrected chi connectivity index (χ1v) is 27.2. The number of hydrogen-bond donors (Lipinski definition) is 0. The molecule has 0 N–H and O–H groups in total. The maximum atomic E-state index is 2.66. The molecular weight excluding hydrogens is 639 g/mol. The second kappa shape index (κ2) is 10.2. The van der Waals surface area contributed by atoms with Gasteiger partial charge in [-0.3, -0.25) is 0 Å². The first-order chi connectivity index (χ1) is 18.4. The Bertz CT molecular complexity index is 1490. The summed E-state index contributed by atoms with van der Waals surface area (Å²) in [4.78, 5) is 0. The van der Waals surface area contributed by atoms with Gasteiger partial charge in [0.05, 0.1) is 0 Å². The van der Waals surface area contributed by atoms with Gasteiger partial charge in [-0.25, -0.2) is 0 Å². The van der Waals surface area contributed by atoms with E-state index in [1.165, 1.54) is 44.5 Å². The molecule has 0 aromatic heterocycles. The average molecular weight is 676 g/mol. The third-order valence-corrected chi connectivity index (χ3v) is 40.2. The summed E-state index contributed by atoms with van der Waals surface area (Å²) in [5.74, 6) is -0.854. The molecule has 0 saturated heterocycles. The predicted octanol–water partition coefficient (Wildman–Crippen LogP) is 9.86. The van der Waals surface area contributed by atoms with Crippen molar-refractivity contribution in [1.29, 1.82) is 0 Å². The zero-order valence-electron chi connectivity index (χ0n) is 23.5. The van der Waals surface area contributed by atoms with Crippen LogP contribution in [0.1, 0.15) is 54.6 Å². The van der Waals surface area contributed by atoms with Crippen molar-refractivity contribution in [1.82, 2.24) is 0 Å². The van der Waals surface area contributed by atoms with Crippen LogP contribution in [0.25, 0.3) is 34.4 Å². The molecule has 2 aliphatic rings. The van der Waals surface area contributed by atoms with E-state index in [2.05, 4.69) is 138 Å². The first kappa shape index (κ1) is 25.7. The molecule has 0 nitrogen and oxygen atoms in total. The molecule has 0 aliphatic heterocycles. The van der Waals surface area contributed by atoms with Crippen LogP contribution in [0.4, 0.5) is 0 Å². The standard InChI is InChI=1S/2C17H15.C2H7Si.Hf/c2*1-12-10-14-7-5-9-16(17(14)11-12)15-8-4-3-6-13(15)2;1-3-2;/h2*3-11H,1-2H3;3H,1-2H3;. The zero-order valence-corrected chi connectivity index (χ0v) is 28.2. The Balaban J connectivity index is 1.48. The molecule has 38 heavy (non-hydrogen) atoms. The molecule has 0 fully saturated rings. The molecule has 2 heteroatoms. The van der Waals surface area contributed by atoms with Gasteiger partial charge in [0.1, 0.15) is 0 Å². The van der Waals surface area contributed by atoms with Gasteiger partial charge in [0, 0.05) is 0 Å². The third-order valence-electron chi connectivity index (χ3n) is 8.76. The summed E-state index contributed by atoms with van der Waals surface area (Å²) in [5, 5.41) is 0. The molecule has 2 unspecified atom stereocenters. The Morgan fingerprint density at radius 2 is 0.895 bits per heavy atom. The fraction of sp³-hybridized carbons (Fsp3) is 0.222. The number of hydrogen-bond acceptors (Lipinski definition) is 0. The van der Waals surface area contributed by atoms with E-state index < -0.39 is 26.6 Å². The topological polar surface area (TPSA) is 0 Å². The molecule has 0 heterocycles. The summed E-state index contributed by atoms with van der Waals surface area (Å²) < 4.78 is 1.37. The monoisotopic (exact) mass is 677 g/mol. The van der Waals surface area contributed by atoms with Crippen LogP contribution in [0.5, 0.6) is 0 Å². The first-order valence-electron chi connectivity index (χ1n) is 14.0. The van der Waals surface area contributed by atoms with E-state index in [9.17, 15) is 0 Å². The van der Waals surface area contributed by atoms with E-state index in [-0.39, 0.29) is 0 Å². The Morgan fingerprint density at radius 1 is 0.500 bits per heavy atom. The average Bonchev–Trinajstić information content (AvgIpc) is 3.41. The van der Waals surface area contributed by atoms with E-state index in [1.54, 1.807) is 22.3 Å². The van der Waals surface area contributed by atoms with E-state index in [4.69, 9.17) is 0 Å². The van der Waals surface area contributed by atoms with Crippen LogP contribution in [0.3, 0.4) is 0 Å². The fourth-order valence-corrected chi connectivity index (χ4v) is 40.0. The van der Waals surface area contributed by atoms with Gasteiger partial charge in [-0.05, 0) is 0 Å². The summed E-state index contributed by atoms with van der Waals surface area (Å²) in [5.41, 5.74) is 17.8. The summed E-state index contributed by atoms with van der Waals surface area (Å²) >= 11 is -2.26. The van der Waals surface area contributed by atoms with Crippen LogP contribution in [0.15, 0.2) is 96.1 Å². The molecule has 2 aliphatic carbocycles. The minimum absolute atomic E-state index is 0.687. The van der Waals surface area contributed by atoms with Gasteiger partial charge in [0.2, 0.25) is 0 Å². The van der Waals surface area contributed by atoms with Gasteiger partial charge >= 0.3 is 239 Å². The van der Waals surface area contributed by atoms with E-state index in [0.717, 1.165) is 0 Å². The summed E-state index contributed by atoms with van der Waals surface area (Å²) in [6.07, 6.45) is 5.11. The SMILES string of the molecule is CC1=Cc2c(-c3ccccc3C)cccc2[CH]1[Hf]([CH]1C(C)=Cc2c(-c3ccccc3C)cccc21)[SiH](C)C. The normalized spacial score (nSPS) is 17.8. The Morgan fingerprint density at radius 3 is 1.29 bits per heavy atom. The Hall–Kier alpha value is -2.55. The number of aryl methyl sites for hydroxylation is 2. The quantitative estimate of drug-likeness (QED) is 0.185. The van der Waals surface area contributed by atoms with Crippen molar-refractivity contribution in [2.45, 2.75) is 48.1 Å². The van der Waals surface area contributed by atoms with Gasteiger partial charge in [-0.1, -0.05) is 0 Å². The Labute approximate surface area is 237 Å². The molecule has 6 rings (SSSR count). The molecule has 189 valence electrons. The van der Waals surface area contributed by atoms with Crippen molar-refractivity contribution in [2.24, 2.45) is 0 Å². The molecular formula is C36H37HfSi. The fourth-order valence-electron chi connectivity index (χ4n) is 7.04. The van der Waals surface area contributed by atoms with Crippen LogP contribution >= 0.6 is 0 Å². The summed E-state index contributed by atoms with van der Waals surface area (Å²) in [6.45, 7) is 14.7. The maximum absolute atomic E-state index is 2.66. The second-order valence-corrected chi connectivity index (χ2v) is 39.5. The van der Waals surface area contributed by atoms with Gasteiger partial charge < -0.3 is 0 Å². The molecule has 4 aromatic carbocycles. The van der Waals surface area contributed by atoms with Gasteiger partial charge in [0.25, 0.3) is 0 Å². The van der Waals surface area contributed by atoms with Crippen molar-refractivity contribution in [3.05, 3.63) is 129 Å². The van der Waals surface area contributed by atoms with E-state index in [0.29, 0.717) is 7.35 Å². The molecule has 0 radical (unpaired) electrons. The molecule has 0 amide bonds. The van der Waals surface area contributed by atoms with Crippen LogP contribution in [-0.2, 0) is 20.6 Å². The minimum atomic E-state index is -2.26. The number of fused-ring (bicyclic) bond motifs is 2. The van der Waals surface area contributed by atoms with Gasteiger partial charge in [0.15, 0.2) is 0 Å². The second-order valence-electron chi connectivity index (χ2n) is 11.5. The number of rotatable bonds is 5. The molecule has 0 saturated carbocycles. The third kappa shape index (κ3) is 4.21. The molecule has 4 aromatic rings. The van der Waals surface area contributed by atoms with E-state index >= 15 is 0 Å². The van der Waals surface area contributed by atoms with Crippen LogP contribution in [0, 0.1) is 13.8 Å². The summed E-state index contributed by atoms with van der Waals surface area (Å²) in [7, 11) is 0. The van der Waals surface area contributed by atoms with Crippen molar-refractivity contribution in [3.8, 4) is 22.3 Å². The van der Waals surface area contributed by atoms with Crippen LogP contribution < -0.4 is 0 Å². The molecule has 2 atom stereocenters. The van der Waals surface area contributed by atoms with Gasteiger partial charge in [-0.2, -0.15) is 0 Å². The van der Waals surface area contributed by atoms with Crippen LogP contribution in [-0.4, -0.2) is 5.98 Å². The van der Waals surface area contributed by atoms with Crippen LogP contribution in [0.2, 0.25) is 13.1 Å². The predicted molar refractivity (Wildman–Crippen MR) is 165 cm³/mol. The van der Waals surface area contributed by atoms with Crippen molar-refractivity contribution in [3.63, 3.8) is 0 Å². The summed E-state index contributed by atoms with van der Waals surface area (Å²) in [6, 6.07) is 32.0. The molecule has 0 spiro atoms. The van der Waals surface area contributed by atoms with Crippen molar-refractivity contribution >= 4 is 18.1 Å². The number of benzene rings is 4. The van der Waals surface area contributed by atoms with E-state index in [1.807, 2.05) is 0 Å². The van der Waals surface area contributed by atoms with Gasteiger partial charge in [-0.15, -0.1) is 0 Å². The molecule has 0 bridgehead atoms. The Kier molecular flexibility index (Phi) is 6.91. The zero-order chi connectivity index (χ0) is 26.6. The van der Waals surface area contributed by atoms with Crippen molar-refractivity contribution < 1.29 is 20.6 Å². The van der Waals surface area contributed by atoms with Crippen molar-refractivity contribution in [2.75, 3.05) is 0 Å². The number of allylic oxidation sites excluding steroid dienone is 2.